The van der Waals surface area contributed by atoms with Gasteiger partial charge in [-0.2, -0.15) is 0 Å². The molecule has 0 amide bonds. The maximum Gasteiger partial charge on any atom is 0.312 e. The van der Waals surface area contributed by atoms with Gasteiger partial charge < -0.3 is 5.11 Å². The summed E-state index contributed by atoms with van der Waals surface area (Å²) in [7, 11) is -4.05. The number of rotatable bonds is 4. The number of halogens is 1. The number of nitrogens with one attached hydrogen (secondary N) is 1. The third-order valence-electron chi connectivity index (χ3n) is 2.41. The number of hydrogen-bond donors (Lipinski definition) is 2. The Kier molecular flexibility index (Phi) is 4.09. The molecule has 0 saturated heterocycles. The molecule has 1 heterocycles. The molecule has 8 nitrogen and oxygen atoms in total. The van der Waals surface area contributed by atoms with E-state index in [1.54, 1.807) is 12.1 Å². The number of aromatic nitrogens is 1. The smallest absolute Gasteiger partial charge is 0.312 e. The molecule has 0 aliphatic rings. The number of phenolic OH excluding ortho intramolecular Hbond substituents is 1. The van der Waals surface area contributed by atoms with E-state index in [9.17, 15) is 23.6 Å². The van der Waals surface area contributed by atoms with E-state index in [0.29, 0.717) is 4.60 Å². The van der Waals surface area contributed by atoms with Crippen molar-refractivity contribution in [3.63, 3.8) is 0 Å². The van der Waals surface area contributed by atoms with Crippen LogP contribution < -0.4 is 4.72 Å². The van der Waals surface area contributed by atoms with Crippen LogP contribution in [0.1, 0.15) is 0 Å². The van der Waals surface area contributed by atoms with Crippen LogP contribution in [0.3, 0.4) is 0 Å². The second-order valence-electron chi connectivity index (χ2n) is 3.86. The van der Waals surface area contributed by atoms with Gasteiger partial charge in [-0.15, -0.1) is 0 Å². The summed E-state index contributed by atoms with van der Waals surface area (Å²) in [5, 5.41) is 20.0. The normalized spacial score (nSPS) is 11.1. The van der Waals surface area contributed by atoms with Crippen molar-refractivity contribution in [3.8, 4) is 5.75 Å². The largest absolute Gasteiger partial charge is 0.502 e. The average molecular weight is 374 g/mol. The number of nitro groups is 1. The number of pyridine rings is 1. The van der Waals surface area contributed by atoms with E-state index in [2.05, 4.69) is 25.6 Å². The number of nitro benzene ring substituents is 1. The molecule has 0 radical (unpaired) electrons. The van der Waals surface area contributed by atoms with Gasteiger partial charge in [0.2, 0.25) is 0 Å². The molecule has 10 heteroatoms. The highest BCUT2D eigenvalue weighted by Gasteiger charge is 2.21. The Balaban J connectivity index is 2.40. The van der Waals surface area contributed by atoms with Crippen molar-refractivity contribution in [1.29, 1.82) is 0 Å². The van der Waals surface area contributed by atoms with Crippen LogP contribution in [-0.2, 0) is 10.0 Å². The summed E-state index contributed by atoms with van der Waals surface area (Å²) in [6.07, 6.45) is 0. The number of hydrogen-bond acceptors (Lipinski definition) is 6. The van der Waals surface area contributed by atoms with E-state index in [0.717, 1.165) is 18.2 Å². The fourth-order valence-electron chi connectivity index (χ4n) is 1.48. The van der Waals surface area contributed by atoms with Gasteiger partial charge in [-0.1, -0.05) is 6.07 Å². The molecule has 0 atom stereocenters. The Morgan fingerprint density at radius 1 is 1.29 bits per heavy atom. The number of nitrogens with zero attached hydrogens (tertiary/aromatic N) is 2. The second kappa shape index (κ2) is 5.66. The van der Waals surface area contributed by atoms with Crippen molar-refractivity contribution >= 4 is 37.5 Å². The van der Waals surface area contributed by atoms with Gasteiger partial charge in [0.1, 0.15) is 10.4 Å². The van der Waals surface area contributed by atoms with Crippen molar-refractivity contribution < 1.29 is 18.4 Å². The number of aromatic hydroxyl groups is 1. The number of phenols is 1. The molecular weight excluding hydrogens is 366 g/mol. The Bertz CT molecular complexity index is 809. The zero-order chi connectivity index (χ0) is 15.6. The molecule has 1 aromatic carbocycles. The van der Waals surface area contributed by atoms with Crippen molar-refractivity contribution in [2.45, 2.75) is 4.90 Å². The first-order valence-corrected chi connectivity index (χ1v) is 7.70. The van der Waals surface area contributed by atoms with Crippen molar-refractivity contribution in [3.05, 3.63) is 51.1 Å². The fourth-order valence-corrected chi connectivity index (χ4v) is 2.84. The first-order chi connectivity index (χ1) is 9.79. The van der Waals surface area contributed by atoms with Gasteiger partial charge in [-0.25, -0.2) is 13.4 Å². The lowest BCUT2D eigenvalue weighted by Gasteiger charge is -2.07. The highest BCUT2D eigenvalue weighted by Crippen LogP contribution is 2.28. The molecule has 110 valence electrons. The van der Waals surface area contributed by atoms with Crippen molar-refractivity contribution in [2.24, 2.45) is 0 Å². The van der Waals surface area contributed by atoms with Crippen LogP contribution in [0, 0.1) is 10.1 Å². The van der Waals surface area contributed by atoms with Crippen LogP contribution in [0.2, 0.25) is 0 Å². The molecule has 21 heavy (non-hydrogen) atoms. The Morgan fingerprint density at radius 3 is 2.62 bits per heavy atom. The minimum Gasteiger partial charge on any atom is -0.502 e. The molecule has 0 saturated carbocycles. The monoisotopic (exact) mass is 373 g/mol. The predicted octanol–water partition coefficient (Wildman–Crippen LogP) is 2.26. The Labute approximate surface area is 127 Å². The molecule has 0 fully saturated rings. The number of anilines is 1. The van der Waals surface area contributed by atoms with E-state index in [1.165, 1.54) is 6.07 Å². The first-order valence-electron chi connectivity index (χ1n) is 5.42. The van der Waals surface area contributed by atoms with E-state index in [-0.39, 0.29) is 10.7 Å². The average Bonchev–Trinajstić information content (AvgIpc) is 2.38. The molecular formula is C11H8BrN3O5S. The third-order valence-corrected chi connectivity index (χ3v) is 4.20. The predicted molar refractivity (Wildman–Crippen MR) is 77.5 cm³/mol. The highest BCUT2D eigenvalue weighted by atomic mass is 79.9. The maximum absolute atomic E-state index is 12.1. The van der Waals surface area contributed by atoms with Crippen molar-refractivity contribution in [1.82, 2.24) is 4.98 Å². The van der Waals surface area contributed by atoms with Gasteiger partial charge in [-0.05, 0) is 40.2 Å². The summed E-state index contributed by atoms with van der Waals surface area (Å²) in [6, 6.07) is 7.40. The lowest BCUT2D eigenvalue weighted by atomic mass is 10.3. The fraction of sp³-hybridized carbons (Fsp3) is 0. The SMILES string of the molecule is O=[N+]([O-])c1cc(S(=O)(=O)Nc2cccc(Br)n2)ccc1O. The summed E-state index contributed by atoms with van der Waals surface area (Å²) in [5.74, 6) is -0.556. The molecule has 2 rings (SSSR count). The molecule has 0 unspecified atom stereocenters. The van der Waals surface area contributed by atoms with Crippen LogP contribution in [0.5, 0.6) is 5.75 Å². The zero-order valence-corrected chi connectivity index (χ0v) is 12.6. The van der Waals surface area contributed by atoms with E-state index >= 15 is 0 Å². The molecule has 0 bridgehead atoms. The van der Waals surface area contributed by atoms with E-state index < -0.39 is 26.4 Å². The molecule has 1 aromatic heterocycles. The maximum atomic E-state index is 12.1. The molecule has 0 spiro atoms. The Hall–Kier alpha value is -2.20. The molecule has 0 aliphatic carbocycles. The van der Waals surface area contributed by atoms with Gasteiger partial charge in [0, 0.05) is 6.07 Å². The molecule has 2 N–H and O–H groups in total. The summed E-state index contributed by atoms with van der Waals surface area (Å²) >= 11 is 3.10. The van der Waals surface area contributed by atoms with Gasteiger partial charge >= 0.3 is 5.69 Å². The summed E-state index contributed by atoms with van der Waals surface area (Å²) in [4.78, 5) is 13.4. The van der Waals surface area contributed by atoms with Crippen LogP contribution in [0.15, 0.2) is 45.9 Å². The van der Waals surface area contributed by atoms with E-state index in [4.69, 9.17) is 0 Å². The van der Waals surface area contributed by atoms with E-state index in [1.807, 2.05) is 0 Å². The first kappa shape index (κ1) is 15.2. The van der Waals surface area contributed by atoms with Gasteiger partial charge in [0.25, 0.3) is 10.0 Å². The van der Waals surface area contributed by atoms with Crippen LogP contribution in [-0.4, -0.2) is 23.4 Å². The molecule has 2 aromatic rings. The van der Waals surface area contributed by atoms with Crippen molar-refractivity contribution in [2.75, 3.05) is 4.72 Å². The lowest BCUT2D eigenvalue weighted by Crippen LogP contribution is -2.14. The minimum atomic E-state index is -4.05. The summed E-state index contributed by atoms with van der Waals surface area (Å²) in [5.41, 5.74) is -0.694. The number of benzene rings is 1. The van der Waals surface area contributed by atoms with Crippen LogP contribution >= 0.6 is 15.9 Å². The van der Waals surface area contributed by atoms with Gasteiger partial charge in [0.15, 0.2) is 5.75 Å². The Morgan fingerprint density at radius 2 is 2.00 bits per heavy atom. The summed E-state index contributed by atoms with van der Waals surface area (Å²) in [6.45, 7) is 0. The van der Waals surface area contributed by atoms with Gasteiger partial charge in [-0.3, -0.25) is 14.8 Å². The van der Waals surface area contributed by atoms with Crippen LogP contribution in [0.25, 0.3) is 0 Å². The second-order valence-corrected chi connectivity index (χ2v) is 6.35. The van der Waals surface area contributed by atoms with Gasteiger partial charge in [0.05, 0.1) is 9.82 Å². The highest BCUT2D eigenvalue weighted by molar-refractivity contribution is 9.10. The number of sulfonamides is 1. The topological polar surface area (TPSA) is 122 Å². The van der Waals surface area contributed by atoms with Crippen LogP contribution in [0.4, 0.5) is 11.5 Å². The third kappa shape index (κ3) is 3.47. The quantitative estimate of drug-likeness (QED) is 0.481. The summed E-state index contributed by atoms with van der Waals surface area (Å²) < 4.78 is 26.9. The minimum absolute atomic E-state index is 0.0557. The zero-order valence-electron chi connectivity index (χ0n) is 10.2. The lowest BCUT2D eigenvalue weighted by molar-refractivity contribution is -0.386. The standard InChI is InChI=1S/C11H8BrN3O5S/c12-10-2-1-3-11(13-10)14-21(19,20)7-4-5-9(16)8(6-7)15(17)18/h1-6,16H,(H,13,14). The molecule has 0 aliphatic heterocycles.